The summed E-state index contributed by atoms with van der Waals surface area (Å²) in [7, 11) is 4.48. The molecule has 0 aliphatic carbocycles. The van der Waals surface area contributed by atoms with Gasteiger partial charge in [-0.1, -0.05) is 26.0 Å². The van der Waals surface area contributed by atoms with Gasteiger partial charge in [-0.25, -0.2) is 9.82 Å². The van der Waals surface area contributed by atoms with Crippen LogP contribution >= 0.6 is 0 Å². The van der Waals surface area contributed by atoms with Crippen molar-refractivity contribution in [2.75, 3.05) is 21.3 Å². The molecule has 31 heavy (non-hydrogen) atoms. The number of halogens is 1. The van der Waals surface area contributed by atoms with E-state index in [9.17, 15) is 14.0 Å². The minimum Gasteiger partial charge on any atom is -0.493 e. The Morgan fingerprint density at radius 1 is 1.03 bits per heavy atom. The topological polar surface area (TPSA) is 98.2 Å². The highest BCUT2D eigenvalue weighted by Gasteiger charge is 2.25. The third kappa shape index (κ3) is 5.94. The molecule has 9 heteroatoms. The van der Waals surface area contributed by atoms with Crippen LogP contribution in [0.4, 0.5) is 4.39 Å². The highest BCUT2D eigenvalue weighted by molar-refractivity contribution is 5.98. The molecule has 0 heterocycles. The maximum atomic E-state index is 13.8. The van der Waals surface area contributed by atoms with E-state index in [2.05, 4.69) is 15.8 Å². The Hall–Kier alpha value is -3.62. The number of hydrogen-bond acceptors (Lipinski definition) is 6. The number of carbonyl (C=O) groups is 2. The van der Waals surface area contributed by atoms with Crippen LogP contribution in [0.3, 0.4) is 0 Å². The first-order valence-electron chi connectivity index (χ1n) is 9.50. The third-order valence-corrected chi connectivity index (χ3v) is 4.43. The lowest BCUT2D eigenvalue weighted by Crippen LogP contribution is -2.48. The summed E-state index contributed by atoms with van der Waals surface area (Å²) >= 11 is 0. The Morgan fingerprint density at radius 3 is 2.16 bits per heavy atom. The average Bonchev–Trinajstić information content (AvgIpc) is 2.76. The lowest BCUT2D eigenvalue weighted by molar-refractivity contribution is -0.123. The number of ether oxygens (including phenoxy) is 3. The fourth-order valence-electron chi connectivity index (χ4n) is 2.82. The van der Waals surface area contributed by atoms with Gasteiger partial charge in [0.15, 0.2) is 11.5 Å². The molecule has 1 unspecified atom stereocenters. The number of benzene rings is 2. The van der Waals surface area contributed by atoms with E-state index in [0.29, 0.717) is 22.8 Å². The zero-order valence-corrected chi connectivity index (χ0v) is 18.1. The predicted molar refractivity (Wildman–Crippen MR) is 114 cm³/mol. The van der Waals surface area contributed by atoms with E-state index >= 15 is 0 Å². The molecule has 8 nitrogen and oxygen atoms in total. The second-order valence-electron chi connectivity index (χ2n) is 6.87. The quantitative estimate of drug-likeness (QED) is 0.470. The van der Waals surface area contributed by atoms with E-state index in [0.717, 1.165) is 0 Å². The van der Waals surface area contributed by atoms with Crippen molar-refractivity contribution in [3.05, 3.63) is 53.3 Å². The molecule has 0 bridgehead atoms. The highest BCUT2D eigenvalue weighted by atomic mass is 19.1. The summed E-state index contributed by atoms with van der Waals surface area (Å²) in [4.78, 5) is 24.9. The molecule has 2 amide bonds. The highest BCUT2D eigenvalue weighted by Crippen LogP contribution is 2.37. The summed E-state index contributed by atoms with van der Waals surface area (Å²) in [5.41, 5.74) is 2.85. The maximum Gasteiger partial charge on any atom is 0.262 e. The first-order valence-corrected chi connectivity index (χ1v) is 9.50. The van der Waals surface area contributed by atoms with Gasteiger partial charge in [-0.2, -0.15) is 5.10 Å². The number of nitrogens with zero attached hydrogens (tertiary/aromatic N) is 1. The normalized spacial score (nSPS) is 11.8. The van der Waals surface area contributed by atoms with E-state index in [1.165, 1.54) is 45.7 Å². The number of nitrogens with one attached hydrogen (secondary N) is 2. The van der Waals surface area contributed by atoms with Gasteiger partial charge in [0, 0.05) is 5.56 Å². The molecule has 0 fully saturated rings. The number of methoxy groups -OCH3 is 3. The van der Waals surface area contributed by atoms with Gasteiger partial charge in [-0.15, -0.1) is 0 Å². The van der Waals surface area contributed by atoms with Crippen LogP contribution in [0.5, 0.6) is 17.2 Å². The minimum atomic E-state index is -0.913. The number of hydrazone groups is 1. The fourth-order valence-corrected chi connectivity index (χ4v) is 2.82. The molecule has 0 saturated heterocycles. The van der Waals surface area contributed by atoms with Crippen LogP contribution in [0.15, 0.2) is 41.5 Å². The minimum absolute atomic E-state index is 0.137. The summed E-state index contributed by atoms with van der Waals surface area (Å²) in [6, 6.07) is 7.97. The van der Waals surface area contributed by atoms with Crippen LogP contribution in [0.1, 0.15) is 29.8 Å². The monoisotopic (exact) mass is 431 g/mol. The molecule has 2 aromatic rings. The van der Waals surface area contributed by atoms with Crippen molar-refractivity contribution in [2.24, 2.45) is 11.0 Å². The Balaban J connectivity index is 2.12. The SMILES string of the molecule is COc1cc(/C=N/NC(=O)C(NC(=O)c2ccccc2F)C(C)C)cc(OC)c1OC. The van der Waals surface area contributed by atoms with Crippen molar-refractivity contribution in [3.8, 4) is 17.2 Å². The molecule has 0 spiro atoms. The van der Waals surface area contributed by atoms with Gasteiger partial charge in [0.25, 0.3) is 11.8 Å². The Labute approximate surface area is 180 Å². The van der Waals surface area contributed by atoms with Crippen molar-refractivity contribution >= 4 is 18.0 Å². The van der Waals surface area contributed by atoms with E-state index in [1.54, 1.807) is 32.0 Å². The van der Waals surface area contributed by atoms with Crippen LogP contribution in [0.2, 0.25) is 0 Å². The second-order valence-corrected chi connectivity index (χ2v) is 6.87. The van der Waals surface area contributed by atoms with Crippen molar-refractivity contribution in [2.45, 2.75) is 19.9 Å². The maximum absolute atomic E-state index is 13.8. The summed E-state index contributed by atoms with van der Waals surface area (Å²) in [6.45, 7) is 3.52. The van der Waals surface area contributed by atoms with Crippen LogP contribution in [-0.4, -0.2) is 45.4 Å². The van der Waals surface area contributed by atoms with Gasteiger partial charge in [0.2, 0.25) is 5.75 Å². The summed E-state index contributed by atoms with van der Waals surface area (Å²) in [5.74, 6) is -0.833. The van der Waals surface area contributed by atoms with E-state index in [-0.39, 0.29) is 11.5 Å². The van der Waals surface area contributed by atoms with Crippen LogP contribution < -0.4 is 25.0 Å². The Morgan fingerprint density at radius 2 is 1.65 bits per heavy atom. The van der Waals surface area contributed by atoms with Gasteiger partial charge < -0.3 is 19.5 Å². The smallest absolute Gasteiger partial charge is 0.262 e. The Kier molecular flexibility index (Phi) is 8.36. The van der Waals surface area contributed by atoms with Crippen LogP contribution in [0, 0.1) is 11.7 Å². The second kappa shape index (κ2) is 11.0. The van der Waals surface area contributed by atoms with Crippen molar-refractivity contribution in [3.63, 3.8) is 0 Å². The molecular weight excluding hydrogens is 405 g/mol. The molecule has 2 N–H and O–H groups in total. The third-order valence-electron chi connectivity index (χ3n) is 4.43. The van der Waals surface area contributed by atoms with E-state index in [1.807, 2.05) is 0 Å². The number of rotatable bonds is 9. The largest absolute Gasteiger partial charge is 0.493 e. The summed E-state index contributed by atoms with van der Waals surface area (Å²) in [5, 5.41) is 6.50. The molecule has 0 radical (unpaired) electrons. The van der Waals surface area contributed by atoms with Crippen LogP contribution in [0.25, 0.3) is 0 Å². The van der Waals surface area contributed by atoms with E-state index in [4.69, 9.17) is 14.2 Å². The summed E-state index contributed by atoms with van der Waals surface area (Å²) in [6.07, 6.45) is 1.40. The lowest BCUT2D eigenvalue weighted by atomic mass is 10.0. The molecule has 0 aliphatic rings. The lowest BCUT2D eigenvalue weighted by Gasteiger charge is -2.20. The van der Waals surface area contributed by atoms with Gasteiger partial charge in [0.1, 0.15) is 11.9 Å². The number of hydrogen-bond donors (Lipinski definition) is 2. The van der Waals surface area contributed by atoms with Gasteiger partial charge in [-0.3, -0.25) is 9.59 Å². The van der Waals surface area contributed by atoms with E-state index < -0.39 is 23.7 Å². The van der Waals surface area contributed by atoms with Crippen molar-refractivity contribution in [1.82, 2.24) is 10.7 Å². The fraction of sp³-hybridized carbons (Fsp3) is 0.318. The first-order chi connectivity index (χ1) is 14.8. The molecule has 0 aromatic heterocycles. The number of carbonyl (C=O) groups excluding carboxylic acids is 2. The molecule has 2 rings (SSSR count). The average molecular weight is 431 g/mol. The van der Waals surface area contributed by atoms with Crippen molar-refractivity contribution in [1.29, 1.82) is 0 Å². The molecule has 2 aromatic carbocycles. The standard InChI is InChI=1S/C22H26FN3O5/c1-13(2)19(25-21(27)15-8-6-7-9-16(15)23)22(28)26-24-12-14-10-17(29-3)20(31-5)18(11-14)30-4/h6-13,19H,1-5H3,(H,25,27)(H,26,28)/b24-12+. The molecule has 166 valence electrons. The number of amides is 2. The zero-order chi connectivity index (χ0) is 23.0. The molecule has 0 saturated carbocycles. The van der Waals surface area contributed by atoms with Gasteiger partial charge in [0.05, 0.1) is 33.1 Å². The van der Waals surface area contributed by atoms with Crippen molar-refractivity contribution < 1.29 is 28.2 Å². The summed E-state index contributed by atoms with van der Waals surface area (Å²) < 4.78 is 29.7. The van der Waals surface area contributed by atoms with Crippen LogP contribution in [-0.2, 0) is 4.79 Å². The zero-order valence-electron chi connectivity index (χ0n) is 18.1. The Bertz CT molecular complexity index is 937. The first kappa shape index (κ1) is 23.7. The molecule has 0 aliphatic heterocycles. The molecular formula is C22H26FN3O5. The van der Waals surface area contributed by atoms with Gasteiger partial charge >= 0.3 is 0 Å². The van der Waals surface area contributed by atoms with Gasteiger partial charge in [-0.05, 0) is 30.2 Å². The molecule has 1 atom stereocenters. The predicted octanol–water partition coefficient (Wildman–Crippen LogP) is 2.76.